The number of nitrogens with zero attached hydrogens (tertiary/aromatic N) is 5. The summed E-state index contributed by atoms with van der Waals surface area (Å²) in [5, 5.41) is 42.8. The standard InChI is InChI=1S/C23H28F2N6O3S/c1-2-5-35-23-27-21(26-16-10-15(16)12-6-13(24)9-14(25)7-12)18-22(28-23)31(30-29-18)17-8-11(3-4-32)19(33)20(17)34/h6-7,9,11,15-17,19-20,32-34H,2-5,8,10H2,1H3,(H,26,27,28)/t11-,15?,16?,17+,19+,20-/m0/s1. The number of aliphatic hydroxyl groups excluding tert-OH is 3. The van der Waals surface area contributed by atoms with Crippen LogP contribution in [-0.4, -0.2) is 70.9 Å². The first-order valence-electron chi connectivity index (χ1n) is 11.8. The van der Waals surface area contributed by atoms with E-state index in [4.69, 9.17) is 0 Å². The summed E-state index contributed by atoms with van der Waals surface area (Å²) in [6.07, 6.45) is 0.393. The van der Waals surface area contributed by atoms with E-state index < -0.39 is 29.9 Å². The minimum Gasteiger partial charge on any atom is -0.396 e. The number of rotatable bonds is 9. The van der Waals surface area contributed by atoms with Gasteiger partial charge in [-0.25, -0.2) is 23.4 Å². The van der Waals surface area contributed by atoms with Crippen molar-refractivity contribution in [2.24, 2.45) is 5.92 Å². The third kappa shape index (κ3) is 4.84. The smallest absolute Gasteiger partial charge is 0.191 e. The number of aliphatic hydroxyl groups is 3. The van der Waals surface area contributed by atoms with E-state index in [1.165, 1.54) is 28.6 Å². The van der Waals surface area contributed by atoms with Crippen molar-refractivity contribution >= 4 is 28.7 Å². The summed E-state index contributed by atoms with van der Waals surface area (Å²) in [5.41, 5.74) is 1.46. The molecule has 0 spiro atoms. The molecule has 0 bridgehead atoms. The van der Waals surface area contributed by atoms with Crippen LogP contribution in [0.4, 0.5) is 14.6 Å². The van der Waals surface area contributed by atoms with E-state index in [0.717, 1.165) is 18.2 Å². The van der Waals surface area contributed by atoms with Gasteiger partial charge < -0.3 is 20.6 Å². The molecule has 0 radical (unpaired) electrons. The first-order chi connectivity index (χ1) is 16.9. The maximum absolute atomic E-state index is 13.7. The fourth-order valence-electron chi connectivity index (χ4n) is 4.87. The van der Waals surface area contributed by atoms with E-state index in [1.807, 2.05) is 0 Å². The molecule has 0 amide bonds. The highest BCUT2D eigenvalue weighted by atomic mass is 32.2. The molecule has 2 aromatic heterocycles. The lowest BCUT2D eigenvalue weighted by molar-refractivity contribution is 0.00107. The summed E-state index contributed by atoms with van der Waals surface area (Å²) in [6, 6.07) is 2.94. The number of nitrogens with one attached hydrogen (secondary N) is 1. The van der Waals surface area contributed by atoms with Crippen LogP contribution in [0.1, 0.15) is 50.1 Å². The van der Waals surface area contributed by atoms with Crippen LogP contribution >= 0.6 is 11.8 Å². The number of halogens is 2. The molecule has 2 heterocycles. The molecule has 12 heteroatoms. The second kappa shape index (κ2) is 9.92. The van der Waals surface area contributed by atoms with Crippen LogP contribution in [-0.2, 0) is 0 Å². The van der Waals surface area contributed by atoms with Gasteiger partial charge in [0.15, 0.2) is 22.1 Å². The quantitative estimate of drug-likeness (QED) is 0.256. The average molecular weight is 507 g/mol. The molecule has 5 rings (SSSR count). The van der Waals surface area contributed by atoms with Crippen molar-refractivity contribution in [3.05, 3.63) is 35.4 Å². The van der Waals surface area contributed by atoms with Gasteiger partial charge in [0.25, 0.3) is 0 Å². The molecule has 2 fully saturated rings. The minimum absolute atomic E-state index is 0.0574. The molecule has 1 aromatic carbocycles. The van der Waals surface area contributed by atoms with Crippen LogP contribution in [0, 0.1) is 17.6 Å². The summed E-state index contributed by atoms with van der Waals surface area (Å²) in [4.78, 5) is 9.28. The molecule has 2 aliphatic carbocycles. The molecule has 2 unspecified atom stereocenters. The zero-order valence-electron chi connectivity index (χ0n) is 19.2. The van der Waals surface area contributed by atoms with Crippen molar-refractivity contribution in [1.29, 1.82) is 0 Å². The van der Waals surface area contributed by atoms with Gasteiger partial charge in [0.2, 0.25) is 0 Å². The Morgan fingerprint density at radius 1 is 1.11 bits per heavy atom. The summed E-state index contributed by atoms with van der Waals surface area (Å²) >= 11 is 1.49. The topological polar surface area (TPSA) is 129 Å². The second-order valence-electron chi connectivity index (χ2n) is 9.26. The number of anilines is 1. The van der Waals surface area contributed by atoms with Crippen molar-refractivity contribution in [3.63, 3.8) is 0 Å². The SMILES string of the molecule is CCCSc1nc(NC2CC2c2cc(F)cc(F)c2)c2nnn([C@@H]3C[C@H](CCO)[C@@H](O)[C@H]3O)c2n1. The van der Waals surface area contributed by atoms with Gasteiger partial charge in [-0.3, -0.25) is 0 Å². The molecule has 188 valence electrons. The highest BCUT2D eigenvalue weighted by Crippen LogP contribution is 2.44. The number of hydrogen-bond acceptors (Lipinski definition) is 9. The Morgan fingerprint density at radius 2 is 1.89 bits per heavy atom. The van der Waals surface area contributed by atoms with E-state index in [9.17, 15) is 24.1 Å². The number of hydrogen-bond donors (Lipinski definition) is 4. The monoisotopic (exact) mass is 506 g/mol. The van der Waals surface area contributed by atoms with E-state index in [0.29, 0.717) is 47.0 Å². The second-order valence-corrected chi connectivity index (χ2v) is 10.3. The van der Waals surface area contributed by atoms with Gasteiger partial charge in [-0.15, -0.1) is 5.10 Å². The Morgan fingerprint density at radius 3 is 2.60 bits per heavy atom. The lowest BCUT2D eigenvalue weighted by atomic mass is 10.0. The summed E-state index contributed by atoms with van der Waals surface area (Å²) in [5.74, 6) is -0.236. The molecule has 9 nitrogen and oxygen atoms in total. The van der Waals surface area contributed by atoms with Gasteiger partial charge in [-0.1, -0.05) is 23.9 Å². The first-order valence-corrected chi connectivity index (χ1v) is 12.8. The summed E-state index contributed by atoms with van der Waals surface area (Å²) < 4.78 is 28.9. The van der Waals surface area contributed by atoms with Crippen molar-refractivity contribution in [2.45, 2.75) is 68.0 Å². The average Bonchev–Trinajstić information content (AvgIpc) is 3.38. The Kier molecular flexibility index (Phi) is 6.88. The number of fused-ring (bicyclic) bond motifs is 1. The number of thioether (sulfide) groups is 1. The molecular weight excluding hydrogens is 478 g/mol. The van der Waals surface area contributed by atoms with Crippen molar-refractivity contribution in [1.82, 2.24) is 25.0 Å². The largest absolute Gasteiger partial charge is 0.396 e. The Hall–Kier alpha value is -2.41. The van der Waals surface area contributed by atoms with E-state index in [1.54, 1.807) is 0 Å². The van der Waals surface area contributed by atoms with Gasteiger partial charge >= 0.3 is 0 Å². The van der Waals surface area contributed by atoms with Crippen LogP contribution < -0.4 is 5.32 Å². The van der Waals surface area contributed by atoms with Gasteiger partial charge in [-0.05, 0) is 49.3 Å². The van der Waals surface area contributed by atoms with E-state index >= 15 is 0 Å². The molecule has 4 N–H and O–H groups in total. The number of benzene rings is 1. The minimum atomic E-state index is -1.06. The van der Waals surface area contributed by atoms with Gasteiger partial charge in [0.1, 0.15) is 17.7 Å². The summed E-state index contributed by atoms with van der Waals surface area (Å²) in [6.45, 7) is 1.98. The normalized spacial score (nSPS) is 28.1. The maximum atomic E-state index is 13.7. The van der Waals surface area contributed by atoms with E-state index in [2.05, 4.69) is 32.5 Å². The van der Waals surface area contributed by atoms with Crippen LogP contribution in [0.5, 0.6) is 0 Å². The first kappa shape index (κ1) is 24.3. The predicted molar refractivity (Wildman–Crippen MR) is 126 cm³/mol. The molecule has 2 aliphatic rings. The summed E-state index contributed by atoms with van der Waals surface area (Å²) in [7, 11) is 0. The third-order valence-corrected chi connectivity index (χ3v) is 7.80. The fourth-order valence-corrected chi connectivity index (χ4v) is 5.57. The van der Waals surface area contributed by atoms with Crippen LogP contribution in [0.3, 0.4) is 0 Å². The van der Waals surface area contributed by atoms with Gasteiger partial charge in [0.05, 0.1) is 12.1 Å². The van der Waals surface area contributed by atoms with Crippen LogP contribution in [0.2, 0.25) is 0 Å². The Bertz CT molecular complexity index is 1190. The van der Waals surface area contributed by atoms with Crippen molar-refractivity contribution in [2.75, 3.05) is 17.7 Å². The van der Waals surface area contributed by atoms with Crippen LogP contribution in [0.15, 0.2) is 23.4 Å². The molecule has 0 aliphatic heterocycles. The molecule has 35 heavy (non-hydrogen) atoms. The van der Waals surface area contributed by atoms with E-state index in [-0.39, 0.29) is 24.5 Å². The molecule has 2 saturated carbocycles. The fraction of sp³-hybridized carbons (Fsp3) is 0.565. The maximum Gasteiger partial charge on any atom is 0.191 e. The zero-order valence-corrected chi connectivity index (χ0v) is 20.0. The van der Waals surface area contributed by atoms with Gasteiger partial charge in [0, 0.05) is 30.4 Å². The van der Waals surface area contributed by atoms with Gasteiger partial charge in [-0.2, -0.15) is 0 Å². The Balaban J connectivity index is 1.45. The zero-order chi connectivity index (χ0) is 24.7. The predicted octanol–water partition coefficient (Wildman–Crippen LogP) is 2.63. The lowest BCUT2D eigenvalue weighted by Crippen LogP contribution is -2.30. The highest BCUT2D eigenvalue weighted by Gasteiger charge is 2.44. The van der Waals surface area contributed by atoms with Crippen LogP contribution in [0.25, 0.3) is 11.2 Å². The van der Waals surface area contributed by atoms with Crippen molar-refractivity contribution in [3.8, 4) is 0 Å². The number of aromatic nitrogens is 5. The third-order valence-electron chi connectivity index (χ3n) is 6.75. The molecule has 6 atom stereocenters. The molecule has 3 aromatic rings. The van der Waals surface area contributed by atoms with Crippen molar-refractivity contribution < 1.29 is 24.1 Å². The highest BCUT2D eigenvalue weighted by molar-refractivity contribution is 7.99. The lowest BCUT2D eigenvalue weighted by Gasteiger charge is -2.17. The molecular formula is C23H28F2N6O3S. The molecule has 0 saturated heterocycles. The Labute approximate surface area is 205 Å².